The number of aromatic nitrogens is 1. The number of methoxy groups -OCH3 is 1. The Kier molecular flexibility index (Phi) is 11.2. The minimum absolute atomic E-state index is 0.119. The van der Waals surface area contributed by atoms with Gasteiger partial charge in [-0.1, -0.05) is 42.5 Å². The molecule has 41 heavy (non-hydrogen) atoms. The van der Waals surface area contributed by atoms with Gasteiger partial charge in [-0.2, -0.15) is 0 Å². The molecule has 12 heteroatoms. The summed E-state index contributed by atoms with van der Waals surface area (Å²) >= 11 is 0. The molecule has 0 radical (unpaired) electrons. The van der Waals surface area contributed by atoms with E-state index >= 15 is 0 Å². The molecule has 1 saturated heterocycles. The fourth-order valence-electron chi connectivity index (χ4n) is 4.08. The monoisotopic (exact) mass is 570 g/mol. The van der Waals surface area contributed by atoms with E-state index in [1.54, 1.807) is 13.8 Å². The normalized spacial score (nSPS) is 20.8. The maximum absolute atomic E-state index is 13.3. The van der Waals surface area contributed by atoms with Crippen LogP contribution in [0.15, 0.2) is 54.7 Å². The molecule has 2 heterocycles. The van der Waals surface area contributed by atoms with E-state index in [0.717, 1.165) is 11.1 Å². The minimum Gasteiger partial charge on any atom is -0.493 e. The Balaban J connectivity index is 1.84. The molecule has 2 aromatic rings. The number of benzene rings is 1. The number of esters is 3. The Morgan fingerprint density at radius 1 is 1.12 bits per heavy atom. The molecular formula is C29H34N2O10. The molecule has 0 aliphatic carbocycles. The molecule has 4 atom stereocenters. The Morgan fingerprint density at radius 3 is 2.51 bits per heavy atom. The second-order valence-electron chi connectivity index (χ2n) is 9.42. The van der Waals surface area contributed by atoms with E-state index in [0.29, 0.717) is 0 Å². The number of nitrogens with one attached hydrogen (secondary N) is 1. The standard InChI is InChI=1S/C29H34N2O10/c1-17(2)14-37-25-18(3)41-29(35)22(15-38-28(34)21(25)13-20-9-7-6-8-10-20)31-27(33)24-26(40-16-39-19(4)32)23(36-5)11-12-30-24/h6-12,18,21-22,25H,1,13-16H2,2-5H3,(H,31,33). The zero-order valence-electron chi connectivity index (χ0n) is 23.4. The van der Waals surface area contributed by atoms with E-state index in [1.807, 2.05) is 30.3 Å². The summed E-state index contributed by atoms with van der Waals surface area (Å²) in [5.41, 5.74) is 1.33. The first kappa shape index (κ1) is 31.1. The summed E-state index contributed by atoms with van der Waals surface area (Å²) in [5.74, 6) is -3.69. The highest BCUT2D eigenvalue weighted by Gasteiger charge is 2.40. The van der Waals surface area contributed by atoms with E-state index in [1.165, 1.54) is 26.3 Å². The average molecular weight is 571 g/mol. The van der Waals surface area contributed by atoms with Crippen LogP contribution in [-0.4, -0.2) is 74.2 Å². The molecule has 1 amide bonds. The van der Waals surface area contributed by atoms with E-state index in [2.05, 4.69) is 16.9 Å². The molecule has 220 valence electrons. The predicted octanol–water partition coefficient (Wildman–Crippen LogP) is 2.40. The average Bonchev–Trinajstić information content (AvgIpc) is 2.97. The van der Waals surface area contributed by atoms with Gasteiger partial charge in [0.25, 0.3) is 5.91 Å². The van der Waals surface area contributed by atoms with Crippen LogP contribution >= 0.6 is 0 Å². The molecule has 1 aromatic heterocycles. The van der Waals surface area contributed by atoms with Crippen molar-refractivity contribution in [2.75, 3.05) is 27.1 Å². The van der Waals surface area contributed by atoms with E-state index in [-0.39, 0.29) is 30.2 Å². The molecule has 3 rings (SSSR count). The molecule has 4 unspecified atom stereocenters. The second kappa shape index (κ2) is 14.8. The lowest BCUT2D eigenvalue weighted by Crippen LogP contribution is -2.46. The second-order valence-corrected chi connectivity index (χ2v) is 9.42. The fraction of sp³-hybridized carbons (Fsp3) is 0.414. The minimum atomic E-state index is -1.37. The maximum Gasteiger partial charge on any atom is 0.332 e. The van der Waals surface area contributed by atoms with E-state index in [4.69, 9.17) is 28.4 Å². The molecular weight excluding hydrogens is 536 g/mol. The number of rotatable bonds is 11. The van der Waals surface area contributed by atoms with Crippen molar-refractivity contribution in [2.45, 2.75) is 45.4 Å². The van der Waals surface area contributed by atoms with Crippen molar-refractivity contribution >= 4 is 23.8 Å². The van der Waals surface area contributed by atoms with Crippen LogP contribution in [0.2, 0.25) is 0 Å². The van der Waals surface area contributed by atoms with Gasteiger partial charge in [-0.3, -0.25) is 14.4 Å². The van der Waals surface area contributed by atoms with Crippen molar-refractivity contribution in [3.8, 4) is 11.5 Å². The van der Waals surface area contributed by atoms with E-state index < -0.39 is 61.4 Å². The molecule has 1 fully saturated rings. The first-order valence-corrected chi connectivity index (χ1v) is 12.9. The summed E-state index contributed by atoms with van der Waals surface area (Å²) in [6, 6.07) is 9.38. The lowest BCUT2D eigenvalue weighted by atomic mass is 9.91. The first-order valence-electron chi connectivity index (χ1n) is 12.9. The Morgan fingerprint density at radius 2 is 1.85 bits per heavy atom. The van der Waals surface area contributed by atoms with Gasteiger partial charge in [0.2, 0.25) is 6.79 Å². The highest BCUT2D eigenvalue weighted by molar-refractivity contribution is 5.98. The summed E-state index contributed by atoms with van der Waals surface area (Å²) < 4.78 is 32.6. The van der Waals surface area contributed by atoms with Crippen molar-refractivity contribution in [1.29, 1.82) is 0 Å². The van der Waals surface area contributed by atoms with Gasteiger partial charge in [0.1, 0.15) is 18.8 Å². The maximum atomic E-state index is 13.3. The van der Waals surface area contributed by atoms with Crippen LogP contribution in [0, 0.1) is 5.92 Å². The number of carbonyl (C=O) groups is 4. The predicted molar refractivity (Wildman–Crippen MR) is 144 cm³/mol. The number of amides is 1. The third-order valence-corrected chi connectivity index (χ3v) is 6.04. The van der Waals surface area contributed by atoms with Gasteiger partial charge in [-0.15, -0.1) is 0 Å². The highest BCUT2D eigenvalue weighted by atomic mass is 16.7. The summed E-state index contributed by atoms with van der Waals surface area (Å²) in [6.45, 7) is 7.56. The van der Waals surface area contributed by atoms with Crippen molar-refractivity contribution in [1.82, 2.24) is 10.3 Å². The zero-order valence-corrected chi connectivity index (χ0v) is 23.4. The van der Waals surface area contributed by atoms with Crippen LogP contribution in [0.25, 0.3) is 0 Å². The molecule has 0 bridgehead atoms. The molecule has 1 aliphatic heterocycles. The molecule has 1 N–H and O–H groups in total. The molecule has 1 aliphatic rings. The summed E-state index contributed by atoms with van der Waals surface area (Å²) in [5, 5.41) is 2.49. The van der Waals surface area contributed by atoms with Crippen LogP contribution in [0.5, 0.6) is 11.5 Å². The highest BCUT2D eigenvalue weighted by Crippen LogP contribution is 2.30. The number of hydrogen-bond acceptors (Lipinski definition) is 11. The lowest BCUT2D eigenvalue weighted by molar-refractivity contribution is -0.163. The number of nitrogens with zero attached hydrogens (tertiary/aromatic N) is 1. The molecule has 1 aromatic carbocycles. The molecule has 12 nitrogen and oxygen atoms in total. The largest absolute Gasteiger partial charge is 0.493 e. The lowest BCUT2D eigenvalue weighted by Gasteiger charge is -2.29. The zero-order chi connectivity index (χ0) is 29.9. The van der Waals surface area contributed by atoms with Gasteiger partial charge >= 0.3 is 17.9 Å². The van der Waals surface area contributed by atoms with Crippen LogP contribution in [-0.2, 0) is 39.8 Å². The van der Waals surface area contributed by atoms with Crippen molar-refractivity contribution < 1.29 is 47.6 Å². The van der Waals surface area contributed by atoms with Crippen molar-refractivity contribution in [3.05, 3.63) is 66.0 Å². The van der Waals surface area contributed by atoms with Crippen LogP contribution in [0.3, 0.4) is 0 Å². The van der Waals surface area contributed by atoms with Gasteiger partial charge in [0.05, 0.1) is 19.6 Å². The van der Waals surface area contributed by atoms with Crippen LogP contribution in [0.1, 0.15) is 36.8 Å². The third-order valence-electron chi connectivity index (χ3n) is 6.04. The number of ether oxygens (including phenoxy) is 6. The smallest absolute Gasteiger partial charge is 0.332 e. The summed E-state index contributed by atoms with van der Waals surface area (Å²) in [4.78, 5) is 54.9. The van der Waals surface area contributed by atoms with Gasteiger partial charge in [0, 0.05) is 19.2 Å². The van der Waals surface area contributed by atoms with Crippen LogP contribution in [0.4, 0.5) is 0 Å². The number of pyridine rings is 1. The topological polar surface area (TPSA) is 149 Å². The Labute approximate surface area is 237 Å². The summed E-state index contributed by atoms with van der Waals surface area (Å²) in [6.07, 6.45) is -0.151. The van der Waals surface area contributed by atoms with Gasteiger partial charge in [-0.25, -0.2) is 9.78 Å². The van der Waals surface area contributed by atoms with Crippen LogP contribution < -0.4 is 14.8 Å². The first-order chi connectivity index (χ1) is 19.6. The van der Waals surface area contributed by atoms with Crippen molar-refractivity contribution in [2.24, 2.45) is 5.92 Å². The Hall–Kier alpha value is -4.45. The van der Waals surface area contributed by atoms with E-state index in [9.17, 15) is 19.2 Å². The quantitative estimate of drug-likeness (QED) is 0.184. The summed E-state index contributed by atoms with van der Waals surface area (Å²) in [7, 11) is 1.35. The third kappa shape index (κ3) is 8.77. The molecule has 0 saturated carbocycles. The van der Waals surface area contributed by atoms with Gasteiger partial charge in [-0.05, 0) is 25.8 Å². The number of carbonyl (C=O) groups excluding carboxylic acids is 4. The number of cyclic esters (lactones) is 2. The van der Waals surface area contributed by atoms with Gasteiger partial charge < -0.3 is 33.7 Å². The fourth-order valence-corrected chi connectivity index (χ4v) is 4.08. The Bertz CT molecular complexity index is 1250. The van der Waals surface area contributed by atoms with Gasteiger partial charge in [0.15, 0.2) is 23.2 Å². The molecule has 0 spiro atoms. The SMILES string of the molecule is C=C(C)COC1C(C)OC(=O)C(NC(=O)c2nccc(OC)c2OCOC(C)=O)COC(=O)C1Cc1ccccc1. The number of hydrogen-bond donors (Lipinski definition) is 1. The van der Waals surface area contributed by atoms with Crippen molar-refractivity contribution in [3.63, 3.8) is 0 Å².